The molecule has 3 rings (SSSR count). The second-order valence-corrected chi connectivity index (χ2v) is 5.52. The maximum absolute atomic E-state index is 5.95. The molecule has 98 valence electrons. The van der Waals surface area contributed by atoms with Gasteiger partial charge >= 0.3 is 0 Å². The molecule has 2 aliphatic heterocycles. The van der Waals surface area contributed by atoms with Gasteiger partial charge in [0.15, 0.2) is 0 Å². The van der Waals surface area contributed by atoms with Crippen LogP contribution in [0.2, 0.25) is 0 Å². The summed E-state index contributed by atoms with van der Waals surface area (Å²) in [7, 11) is 0. The molecule has 0 spiro atoms. The molecule has 2 bridgehead atoms. The quantitative estimate of drug-likeness (QED) is 0.633. The summed E-state index contributed by atoms with van der Waals surface area (Å²) in [5.41, 5.74) is 5.69. The van der Waals surface area contributed by atoms with Crippen LogP contribution >= 0.6 is 0 Å². The molecule has 3 heteroatoms. The van der Waals surface area contributed by atoms with Crippen LogP contribution in [0.25, 0.3) is 0 Å². The van der Waals surface area contributed by atoms with E-state index < -0.39 is 0 Å². The van der Waals surface area contributed by atoms with Crippen LogP contribution in [-0.4, -0.2) is 12.2 Å². The highest BCUT2D eigenvalue weighted by atomic mass is 16.5. The minimum Gasteiger partial charge on any atom is -0.375 e. The van der Waals surface area contributed by atoms with Gasteiger partial charge < -0.3 is 4.74 Å². The smallest absolute Gasteiger partial charge is 0.0627 e. The van der Waals surface area contributed by atoms with Crippen molar-refractivity contribution in [3.8, 4) is 0 Å². The predicted molar refractivity (Wildman–Crippen MR) is 71.9 cm³/mol. The zero-order valence-electron chi connectivity index (χ0n) is 10.9. The van der Waals surface area contributed by atoms with E-state index in [1.807, 2.05) is 0 Å². The van der Waals surface area contributed by atoms with E-state index in [0.717, 1.165) is 12.8 Å². The standard InChI is InChI=1S/C15H22N2O/c1-2-10-4-3-5-11(8-10)15(17-16)13-9-12-6-7-14(13)18-12/h3-5,8,12-15,17H,2,6-7,9,16H2,1H3. The van der Waals surface area contributed by atoms with Crippen molar-refractivity contribution in [1.29, 1.82) is 0 Å². The predicted octanol–water partition coefficient (Wildman–Crippen LogP) is 2.32. The van der Waals surface area contributed by atoms with Gasteiger partial charge in [-0.25, -0.2) is 0 Å². The van der Waals surface area contributed by atoms with Gasteiger partial charge in [0.25, 0.3) is 0 Å². The van der Waals surface area contributed by atoms with Crippen LogP contribution in [0.4, 0.5) is 0 Å². The van der Waals surface area contributed by atoms with E-state index in [1.54, 1.807) is 0 Å². The average Bonchev–Trinajstić information content (AvgIpc) is 3.02. The molecule has 0 aliphatic carbocycles. The van der Waals surface area contributed by atoms with Gasteiger partial charge in [-0.15, -0.1) is 0 Å². The molecule has 2 saturated heterocycles. The number of nitrogens with one attached hydrogen (secondary N) is 1. The van der Waals surface area contributed by atoms with Gasteiger partial charge in [-0.3, -0.25) is 11.3 Å². The summed E-state index contributed by atoms with van der Waals surface area (Å²) in [4.78, 5) is 0. The Balaban J connectivity index is 1.83. The molecule has 1 aromatic carbocycles. The van der Waals surface area contributed by atoms with Crippen LogP contribution in [-0.2, 0) is 11.2 Å². The summed E-state index contributed by atoms with van der Waals surface area (Å²) in [5, 5.41) is 0. The van der Waals surface area contributed by atoms with E-state index in [2.05, 4.69) is 36.6 Å². The van der Waals surface area contributed by atoms with E-state index in [-0.39, 0.29) is 6.04 Å². The van der Waals surface area contributed by atoms with E-state index in [1.165, 1.54) is 24.0 Å². The summed E-state index contributed by atoms with van der Waals surface area (Å²) >= 11 is 0. The second-order valence-electron chi connectivity index (χ2n) is 5.52. The minimum atomic E-state index is 0.229. The Labute approximate surface area is 109 Å². The molecule has 3 nitrogen and oxygen atoms in total. The van der Waals surface area contributed by atoms with Gasteiger partial charge in [0.2, 0.25) is 0 Å². The Morgan fingerprint density at radius 3 is 2.94 bits per heavy atom. The summed E-state index contributed by atoms with van der Waals surface area (Å²) in [6.07, 6.45) is 5.52. The lowest BCUT2D eigenvalue weighted by atomic mass is 9.81. The van der Waals surface area contributed by atoms with E-state index in [0.29, 0.717) is 18.1 Å². The van der Waals surface area contributed by atoms with E-state index in [4.69, 9.17) is 10.6 Å². The number of aryl methyl sites for hydroxylation is 1. The number of nitrogens with two attached hydrogens (primary N) is 1. The number of fused-ring (bicyclic) bond motifs is 2. The Hall–Kier alpha value is -0.900. The molecular formula is C15H22N2O. The number of ether oxygens (including phenoxy) is 1. The maximum atomic E-state index is 5.95. The van der Waals surface area contributed by atoms with Crippen molar-refractivity contribution in [3.05, 3.63) is 35.4 Å². The lowest BCUT2D eigenvalue weighted by Gasteiger charge is -2.28. The zero-order chi connectivity index (χ0) is 12.5. The highest BCUT2D eigenvalue weighted by Gasteiger charge is 2.44. The molecular weight excluding hydrogens is 224 g/mol. The first-order valence-corrected chi connectivity index (χ1v) is 7.02. The normalized spacial score (nSPS) is 31.8. The van der Waals surface area contributed by atoms with Crippen molar-refractivity contribution >= 4 is 0 Å². The van der Waals surface area contributed by atoms with Gasteiger partial charge in [-0.05, 0) is 36.8 Å². The van der Waals surface area contributed by atoms with Crippen molar-refractivity contribution in [2.45, 2.75) is 50.9 Å². The number of hydrazine groups is 1. The molecule has 2 fully saturated rings. The van der Waals surface area contributed by atoms with Crippen LogP contribution in [0.3, 0.4) is 0 Å². The summed E-state index contributed by atoms with van der Waals surface area (Å²) < 4.78 is 5.95. The summed E-state index contributed by atoms with van der Waals surface area (Å²) in [5.74, 6) is 6.33. The highest BCUT2D eigenvalue weighted by molar-refractivity contribution is 5.27. The Kier molecular flexibility index (Phi) is 3.37. The second kappa shape index (κ2) is 5.00. The average molecular weight is 246 g/mol. The fourth-order valence-electron chi connectivity index (χ4n) is 3.50. The zero-order valence-corrected chi connectivity index (χ0v) is 10.9. The van der Waals surface area contributed by atoms with Crippen molar-refractivity contribution in [3.63, 3.8) is 0 Å². The van der Waals surface area contributed by atoms with Crippen LogP contribution < -0.4 is 11.3 Å². The monoisotopic (exact) mass is 246 g/mol. The lowest BCUT2D eigenvalue weighted by molar-refractivity contribution is 0.0857. The van der Waals surface area contributed by atoms with Crippen LogP contribution in [0.15, 0.2) is 24.3 Å². The van der Waals surface area contributed by atoms with E-state index in [9.17, 15) is 0 Å². The number of hydrogen-bond acceptors (Lipinski definition) is 3. The Morgan fingerprint density at radius 2 is 2.33 bits per heavy atom. The number of hydrogen-bond donors (Lipinski definition) is 2. The fourth-order valence-corrected chi connectivity index (χ4v) is 3.50. The molecule has 18 heavy (non-hydrogen) atoms. The van der Waals surface area contributed by atoms with E-state index >= 15 is 0 Å². The van der Waals surface area contributed by atoms with Gasteiger partial charge in [0, 0.05) is 5.92 Å². The third-order valence-corrected chi connectivity index (χ3v) is 4.48. The summed E-state index contributed by atoms with van der Waals surface area (Å²) in [6, 6.07) is 8.99. The first-order valence-electron chi connectivity index (χ1n) is 7.02. The van der Waals surface area contributed by atoms with Gasteiger partial charge in [-0.2, -0.15) is 0 Å². The van der Waals surface area contributed by atoms with Crippen molar-refractivity contribution in [2.24, 2.45) is 11.8 Å². The van der Waals surface area contributed by atoms with Gasteiger partial charge in [0.1, 0.15) is 0 Å². The third kappa shape index (κ3) is 2.07. The molecule has 2 aliphatic rings. The molecule has 4 atom stereocenters. The topological polar surface area (TPSA) is 47.3 Å². The van der Waals surface area contributed by atoms with Gasteiger partial charge in [-0.1, -0.05) is 31.2 Å². The van der Waals surface area contributed by atoms with Crippen molar-refractivity contribution in [1.82, 2.24) is 5.43 Å². The van der Waals surface area contributed by atoms with Crippen LogP contribution in [0.5, 0.6) is 0 Å². The molecule has 0 amide bonds. The summed E-state index contributed by atoms with van der Waals surface area (Å²) in [6.45, 7) is 2.19. The molecule has 3 N–H and O–H groups in total. The largest absolute Gasteiger partial charge is 0.375 e. The first kappa shape index (κ1) is 12.2. The Bertz CT molecular complexity index is 421. The molecule has 4 unspecified atom stereocenters. The van der Waals surface area contributed by atoms with Gasteiger partial charge in [0.05, 0.1) is 18.2 Å². The lowest BCUT2D eigenvalue weighted by Crippen LogP contribution is -2.37. The molecule has 1 aromatic rings. The fraction of sp³-hybridized carbons (Fsp3) is 0.600. The Morgan fingerprint density at radius 1 is 1.44 bits per heavy atom. The van der Waals surface area contributed by atoms with Crippen molar-refractivity contribution in [2.75, 3.05) is 0 Å². The molecule has 0 radical (unpaired) electrons. The maximum Gasteiger partial charge on any atom is 0.0627 e. The van der Waals surface area contributed by atoms with Crippen LogP contribution in [0, 0.1) is 5.92 Å². The van der Waals surface area contributed by atoms with Crippen LogP contribution in [0.1, 0.15) is 43.4 Å². The third-order valence-electron chi connectivity index (χ3n) is 4.48. The molecule has 0 aromatic heterocycles. The minimum absolute atomic E-state index is 0.229. The molecule has 2 heterocycles. The number of rotatable bonds is 4. The highest BCUT2D eigenvalue weighted by Crippen LogP contribution is 2.44. The number of benzene rings is 1. The SMILES string of the molecule is CCc1cccc(C(NN)C2CC3CCC2O3)c1. The molecule has 0 saturated carbocycles. The van der Waals surface area contributed by atoms with Crippen molar-refractivity contribution < 1.29 is 4.74 Å². The first-order chi connectivity index (χ1) is 8.81.